The van der Waals surface area contributed by atoms with Gasteiger partial charge in [0.05, 0.1) is 5.69 Å². The number of nitrogens with two attached hydrogens (primary N) is 1. The van der Waals surface area contributed by atoms with Crippen LogP contribution in [0.1, 0.15) is 23.0 Å². The third-order valence-corrected chi connectivity index (χ3v) is 2.20. The lowest BCUT2D eigenvalue weighted by Gasteiger charge is -1.91. The van der Waals surface area contributed by atoms with Gasteiger partial charge >= 0.3 is 0 Å². The van der Waals surface area contributed by atoms with E-state index in [2.05, 4.69) is 0 Å². The number of fused-ring (bicyclic) bond motifs is 1. The topological polar surface area (TPSA) is 56.2 Å². The van der Waals surface area contributed by atoms with Crippen molar-refractivity contribution in [1.29, 1.82) is 0 Å². The fraction of sp³-hybridized carbons (Fsp3) is 0.182. The van der Waals surface area contributed by atoms with Crippen molar-refractivity contribution in [2.75, 3.05) is 5.73 Å². The average Bonchev–Trinajstić information content (AvgIpc) is 2.44. The molecule has 0 amide bonds. The lowest BCUT2D eigenvalue weighted by atomic mass is 10.1. The number of carbonyl (C=O) groups is 1. The zero-order valence-electron chi connectivity index (χ0n) is 8.13. The van der Waals surface area contributed by atoms with Crippen molar-refractivity contribution in [3.8, 4) is 0 Å². The van der Waals surface area contributed by atoms with Crippen molar-refractivity contribution in [2.24, 2.45) is 0 Å². The summed E-state index contributed by atoms with van der Waals surface area (Å²) in [5.74, 6) is 0.113. The summed E-state index contributed by atoms with van der Waals surface area (Å²) >= 11 is 0. The van der Waals surface area contributed by atoms with E-state index in [9.17, 15) is 4.79 Å². The molecule has 3 nitrogen and oxygen atoms in total. The molecule has 0 radical (unpaired) electrons. The number of rotatable bonds is 1. The van der Waals surface area contributed by atoms with Crippen LogP contribution in [0.25, 0.3) is 11.0 Å². The van der Waals surface area contributed by atoms with Gasteiger partial charge in [-0.2, -0.15) is 0 Å². The molecule has 1 heterocycles. The Bertz CT molecular complexity index is 511. The Kier molecular flexibility index (Phi) is 1.81. The van der Waals surface area contributed by atoms with Gasteiger partial charge in [-0.1, -0.05) is 11.6 Å². The van der Waals surface area contributed by atoms with Crippen LogP contribution in [0, 0.1) is 6.92 Å². The highest BCUT2D eigenvalue weighted by molar-refractivity contribution is 6.05. The SMILES string of the molecule is CC(=O)c1oc2ccc(C)cc2c1N. The zero-order chi connectivity index (χ0) is 10.3. The molecule has 2 rings (SSSR count). The molecule has 2 N–H and O–H groups in total. The number of hydrogen-bond acceptors (Lipinski definition) is 3. The Morgan fingerprint density at radius 3 is 2.79 bits per heavy atom. The summed E-state index contributed by atoms with van der Waals surface area (Å²) in [6, 6.07) is 5.67. The summed E-state index contributed by atoms with van der Waals surface area (Å²) in [6.07, 6.45) is 0. The van der Waals surface area contributed by atoms with Gasteiger partial charge in [0.25, 0.3) is 0 Å². The summed E-state index contributed by atoms with van der Waals surface area (Å²) in [5.41, 5.74) is 8.00. The average molecular weight is 189 g/mol. The standard InChI is InChI=1S/C11H11NO2/c1-6-3-4-9-8(5-6)10(12)11(14-9)7(2)13/h3-5H,12H2,1-2H3. The summed E-state index contributed by atoms with van der Waals surface area (Å²) in [5, 5.41) is 0.815. The number of benzene rings is 1. The Morgan fingerprint density at radius 1 is 1.43 bits per heavy atom. The first kappa shape index (κ1) is 8.81. The number of ketones is 1. The normalized spacial score (nSPS) is 10.7. The van der Waals surface area contributed by atoms with Crippen molar-refractivity contribution in [3.63, 3.8) is 0 Å². The molecule has 2 aromatic rings. The van der Waals surface area contributed by atoms with Crippen molar-refractivity contribution < 1.29 is 9.21 Å². The van der Waals surface area contributed by atoms with Crippen molar-refractivity contribution in [2.45, 2.75) is 13.8 Å². The van der Waals surface area contributed by atoms with Gasteiger partial charge in [-0.25, -0.2) is 0 Å². The van der Waals surface area contributed by atoms with Gasteiger partial charge in [-0.15, -0.1) is 0 Å². The molecular formula is C11H11NO2. The highest BCUT2D eigenvalue weighted by Crippen LogP contribution is 2.29. The van der Waals surface area contributed by atoms with E-state index < -0.39 is 0 Å². The summed E-state index contributed by atoms with van der Waals surface area (Å²) in [6.45, 7) is 3.42. The van der Waals surface area contributed by atoms with Gasteiger partial charge in [0.2, 0.25) is 0 Å². The fourth-order valence-corrected chi connectivity index (χ4v) is 1.49. The fourth-order valence-electron chi connectivity index (χ4n) is 1.49. The molecule has 0 atom stereocenters. The highest BCUT2D eigenvalue weighted by Gasteiger charge is 2.14. The van der Waals surface area contributed by atoms with E-state index in [4.69, 9.17) is 10.2 Å². The maximum absolute atomic E-state index is 11.1. The van der Waals surface area contributed by atoms with Crippen LogP contribution in [0.3, 0.4) is 0 Å². The van der Waals surface area contributed by atoms with Crippen LogP contribution in [0.5, 0.6) is 0 Å². The molecular weight excluding hydrogens is 178 g/mol. The van der Waals surface area contributed by atoms with E-state index in [-0.39, 0.29) is 11.5 Å². The van der Waals surface area contributed by atoms with Crippen molar-refractivity contribution in [1.82, 2.24) is 0 Å². The molecule has 0 spiro atoms. The summed E-state index contributed by atoms with van der Waals surface area (Å²) in [7, 11) is 0. The molecule has 0 fully saturated rings. The maximum Gasteiger partial charge on any atom is 0.197 e. The van der Waals surface area contributed by atoms with Crippen LogP contribution in [-0.2, 0) is 0 Å². The minimum atomic E-state index is -0.142. The molecule has 3 heteroatoms. The monoisotopic (exact) mass is 189 g/mol. The van der Waals surface area contributed by atoms with Gasteiger partial charge in [0.1, 0.15) is 5.58 Å². The van der Waals surface area contributed by atoms with Crippen molar-refractivity contribution in [3.05, 3.63) is 29.5 Å². The Hall–Kier alpha value is -1.77. The third kappa shape index (κ3) is 1.18. The van der Waals surface area contributed by atoms with Crippen LogP contribution in [0.15, 0.2) is 22.6 Å². The zero-order valence-corrected chi connectivity index (χ0v) is 8.13. The largest absolute Gasteiger partial charge is 0.451 e. The Labute approximate surface area is 81.5 Å². The molecule has 0 aliphatic heterocycles. The first-order valence-corrected chi connectivity index (χ1v) is 4.39. The van der Waals surface area contributed by atoms with Crippen LogP contribution < -0.4 is 5.73 Å². The summed E-state index contributed by atoms with van der Waals surface area (Å²) < 4.78 is 5.34. The smallest absolute Gasteiger partial charge is 0.197 e. The predicted molar refractivity (Wildman–Crippen MR) is 55.4 cm³/mol. The Balaban J connectivity index is 2.80. The first-order valence-electron chi connectivity index (χ1n) is 4.39. The van der Waals surface area contributed by atoms with E-state index >= 15 is 0 Å². The molecule has 72 valence electrons. The van der Waals surface area contributed by atoms with E-state index in [1.54, 1.807) is 0 Å². The third-order valence-electron chi connectivity index (χ3n) is 2.20. The minimum Gasteiger partial charge on any atom is -0.451 e. The molecule has 14 heavy (non-hydrogen) atoms. The van der Waals surface area contributed by atoms with E-state index in [1.165, 1.54) is 6.92 Å². The molecule has 0 saturated carbocycles. The molecule has 0 aliphatic rings. The van der Waals surface area contributed by atoms with Gasteiger partial charge in [0.15, 0.2) is 11.5 Å². The lowest BCUT2D eigenvalue weighted by Crippen LogP contribution is -1.94. The minimum absolute atomic E-state index is 0.142. The van der Waals surface area contributed by atoms with Crippen molar-refractivity contribution >= 4 is 22.4 Å². The Morgan fingerprint density at radius 2 is 2.14 bits per heavy atom. The second-order valence-corrected chi connectivity index (χ2v) is 3.40. The quantitative estimate of drug-likeness (QED) is 0.701. The number of hydrogen-bond donors (Lipinski definition) is 1. The van der Waals surface area contributed by atoms with Gasteiger partial charge in [-0.3, -0.25) is 4.79 Å². The molecule has 0 unspecified atom stereocenters. The van der Waals surface area contributed by atoms with Crippen LogP contribution in [0.2, 0.25) is 0 Å². The number of carbonyl (C=O) groups excluding carboxylic acids is 1. The molecule has 0 aliphatic carbocycles. The van der Waals surface area contributed by atoms with E-state index in [1.807, 2.05) is 25.1 Å². The highest BCUT2D eigenvalue weighted by atomic mass is 16.3. The summed E-state index contributed by atoms with van der Waals surface area (Å²) in [4.78, 5) is 11.1. The molecule has 0 saturated heterocycles. The van der Waals surface area contributed by atoms with Gasteiger partial charge < -0.3 is 10.2 Å². The molecule has 0 bridgehead atoms. The second-order valence-electron chi connectivity index (χ2n) is 3.40. The second kappa shape index (κ2) is 2.87. The predicted octanol–water partition coefficient (Wildman–Crippen LogP) is 2.53. The number of furan rings is 1. The first-order chi connectivity index (χ1) is 6.59. The maximum atomic E-state index is 11.1. The van der Waals surface area contributed by atoms with Crippen LogP contribution in [-0.4, -0.2) is 5.78 Å². The van der Waals surface area contributed by atoms with Crippen LogP contribution >= 0.6 is 0 Å². The number of Topliss-reactive ketones (excluding diaryl/α,β-unsaturated/α-hetero) is 1. The molecule has 1 aromatic carbocycles. The van der Waals surface area contributed by atoms with Gasteiger partial charge in [-0.05, 0) is 19.1 Å². The number of anilines is 1. The lowest BCUT2D eigenvalue weighted by molar-refractivity contribution is 0.0990. The number of nitrogen functional groups attached to an aromatic ring is 1. The van der Waals surface area contributed by atoms with E-state index in [0.29, 0.717) is 11.3 Å². The van der Waals surface area contributed by atoms with Crippen LogP contribution in [0.4, 0.5) is 5.69 Å². The van der Waals surface area contributed by atoms with Gasteiger partial charge in [0, 0.05) is 12.3 Å². The molecule has 1 aromatic heterocycles. The van der Waals surface area contributed by atoms with E-state index in [0.717, 1.165) is 10.9 Å². The number of aryl methyl sites for hydroxylation is 1.